The molecule has 0 unspecified atom stereocenters. The molecule has 23 heavy (non-hydrogen) atoms. The van der Waals surface area contributed by atoms with Crippen molar-refractivity contribution in [2.75, 3.05) is 0 Å². The van der Waals surface area contributed by atoms with Gasteiger partial charge in [0.1, 0.15) is 0 Å². The van der Waals surface area contributed by atoms with Gasteiger partial charge in [-0.25, -0.2) is 0 Å². The van der Waals surface area contributed by atoms with E-state index in [1.165, 1.54) is 0 Å². The van der Waals surface area contributed by atoms with E-state index >= 15 is 0 Å². The van der Waals surface area contributed by atoms with Gasteiger partial charge in [0.05, 0.1) is 11.0 Å². The maximum Gasteiger partial charge on any atom is 0.197 e. The van der Waals surface area contributed by atoms with Crippen LogP contribution in [0.5, 0.6) is 0 Å². The molecule has 4 heteroatoms. The Kier molecular flexibility index (Phi) is 2.42. The summed E-state index contributed by atoms with van der Waals surface area (Å²) in [5, 5.41) is 4.21. The van der Waals surface area contributed by atoms with Crippen LogP contribution in [0.25, 0.3) is 43.6 Å². The number of aromatic amines is 2. The average molecular weight is 319 g/mol. The predicted octanol–water partition coefficient (Wildman–Crippen LogP) is 4.97. The zero-order chi connectivity index (χ0) is 15.6. The van der Waals surface area contributed by atoms with Crippen LogP contribution in [0.2, 0.25) is 5.02 Å². The number of aromatic nitrogens is 2. The van der Waals surface area contributed by atoms with Crippen LogP contribution in [-0.2, 0) is 0 Å². The number of H-pyrrole nitrogens is 2. The molecule has 0 atom stereocenters. The number of hydrogen-bond donors (Lipinski definition) is 2. The Labute approximate surface area is 135 Å². The summed E-state index contributed by atoms with van der Waals surface area (Å²) in [5.41, 5.74) is 3.66. The molecule has 2 heterocycles. The molecule has 0 saturated carbocycles. The first-order valence-corrected chi connectivity index (χ1v) is 7.75. The van der Waals surface area contributed by atoms with E-state index in [4.69, 9.17) is 11.6 Å². The first-order chi connectivity index (χ1) is 11.2. The predicted molar refractivity (Wildman–Crippen MR) is 96.4 cm³/mol. The number of pyridine rings is 1. The van der Waals surface area contributed by atoms with Gasteiger partial charge in [-0.2, -0.15) is 0 Å². The monoisotopic (exact) mass is 318 g/mol. The molecule has 0 saturated heterocycles. The highest BCUT2D eigenvalue weighted by Gasteiger charge is 2.12. The summed E-state index contributed by atoms with van der Waals surface area (Å²) in [6, 6.07) is 17.2. The van der Waals surface area contributed by atoms with E-state index in [2.05, 4.69) is 9.97 Å². The van der Waals surface area contributed by atoms with E-state index in [-0.39, 0.29) is 5.43 Å². The Morgan fingerprint density at radius 3 is 2.26 bits per heavy atom. The SMILES string of the molecule is O=c1c2ccccc2[nH]c2c1ccc1c3cc(Cl)ccc3[nH]c12. The van der Waals surface area contributed by atoms with Crippen LogP contribution in [0.15, 0.2) is 59.4 Å². The maximum atomic E-state index is 12.7. The highest BCUT2D eigenvalue weighted by atomic mass is 35.5. The van der Waals surface area contributed by atoms with E-state index in [1.807, 2.05) is 54.6 Å². The molecule has 0 aliphatic heterocycles. The van der Waals surface area contributed by atoms with E-state index < -0.39 is 0 Å². The van der Waals surface area contributed by atoms with Gasteiger partial charge in [0.15, 0.2) is 5.43 Å². The molecule has 110 valence electrons. The van der Waals surface area contributed by atoms with Crippen LogP contribution in [0.1, 0.15) is 0 Å². The molecule has 2 N–H and O–H groups in total. The largest absolute Gasteiger partial charge is 0.353 e. The van der Waals surface area contributed by atoms with Gasteiger partial charge in [-0.3, -0.25) is 4.79 Å². The topological polar surface area (TPSA) is 48.6 Å². The lowest BCUT2D eigenvalue weighted by Crippen LogP contribution is -2.04. The molecule has 0 fully saturated rings. The van der Waals surface area contributed by atoms with Gasteiger partial charge >= 0.3 is 0 Å². The molecule has 0 aliphatic carbocycles. The summed E-state index contributed by atoms with van der Waals surface area (Å²) >= 11 is 6.13. The van der Waals surface area contributed by atoms with Gasteiger partial charge in [0, 0.05) is 37.6 Å². The Hall–Kier alpha value is -2.78. The van der Waals surface area contributed by atoms with Crippen LogP contribution < -0.4 is 5.43 Å². The summed E-state index contributed by atoms with van der Waals surface area (Å²) in [7, 11) is 0. The van der Waals surface area contributed by atoms with Gasteiger partial charge in [-0.15, -0.1) is 0 Å². The van der Waals surface area contributed by atoms with Crippen molar-refractivity contribution in [1.82, 2.24) is 9.97 Å². The second-order valence-corrected chi connectivity index (χ2v) is 6.16. The molecular weight excluding hydrogens is 308 g/mol. The van der Waals surface area contributed by atoms with Crippen LogP contribution in [0.3, 0.4) is 0 Å². The lowest BCUT2D eigenvalue weighted by atomic mass is 10.1. The molecule has 3 nitrogen and oxygen atoms in total. The van der Waals surface area contributed by atoms with Crippen molar-refractivity contribution in [1.29, 1.82) is 0 Å². The van der Waals surface area contributed by atoms with Crippen LogP contribution in [0.4, 0.5) is 0 Å². The minimum absolute atomic E-state index is 0.0490. The summed E-state index contributed by atoms with van der Waals surface area (Å²) in [4.78, 5) is 19.6. The molecular formula is C19H11ClN2O. The molecule has 0 radical (unpaired) electrons. The molecule has 0 spiro atoms. The van der Waals surface area contributed by atoms with E-state index in [1.54, 1.807) is 0 Å². The third kappa shape index (κ3) is 1.68. The fourth-order valence-electron chi connectivity index (χ4n) is 3.33. The number of nitrogens with one attached hydrogen (secondary N) is 2. The summed E-state index contributed by atoms with van der Waals surface area (Å²) < 4.78 is 0. The van der Waals surface area contributed by atoms with E-state index in [0.717, 1.165) is 32.8 Å². The van der Waals surface area contributed by atoms with Crippen molar-refractivity contribution in [3.8, 4) is 0 Å². The first kappa shape index (κ1) is 12.7. The molecule has 5 rings (SSSR count). The summed E-state index contributed by atoms with van der Waals surface area (Å²) in [6.45, 7) is 0. The highest BCUT2D eigenvalue weighted by molar-refractivity contribution is 6.32. The molecule has 0 amide bonds. The minimum atomic E-state index is 0.0490. The van der Waals surface area contributed by atoms with Crippen LogP contribution >= 0.6 is 11.6 Å². The molecule has 3 aromatic carbocycles. The van der Waals surface area contributed by atoms with Gasteiger partial charge in [-0.1, -0.05) is 29.8 Å². The molecule has 0 aliphatic rings. The standard InChI is InChI=1S/C19H11ClN2O/c20-10-5-8-16-14(9-10)11-6-7-13-18(17(11)22-16)21-15-4-2-1-3-12(15)19(13)23/h1-9,22H,(H,21,23). The van der Waals surface area contributed by atoms with Crippen molar-refractivity contribution in [2.45, 2.75) is 0 Å². The fourth-order valence-corrected chi connectivity index (χ4v) is 3.50. The van der Waals surface area contributed by atoms with Crippen molar-refractivity contribution in [3.05, 3.63) is 69.8 Å². The van der Waals surface area contributed by atoms with Crippen molar-refractivity contribution < 1.29 is 0 Å². The smallest absolute Gasteiger partial charge is 0.197 e. The quantitative estimate of drug-likeness (QED) is 0.389. The van der Waals surface area contributed by atoms with Crippen molar-refractivity contribution in [3.63, 3.8) is 0 Å². The molecule has 5 aromatic rings. The number of fused-ring (bicyclic) bond motifs is 6. The fraction of sp³-hybridized carbons (Fsp3) is 0. The Bertz CT molecular complexity index is 1300. The maximum absolute atomic E-state index is 12.7. The molecule has 2 aromatic heterocycles. The normalized spacial score (nSPS) is 11.9. The summed E-state index contributed by atoms with van der Waals surface area (Å²) in [6.07, 6.45) is 0. The van der Waals surface area contributed by atoms with Gasteiger partial charge in [0.25, 0.3) is 0 Å². The Balaban J connectivity index is 2.07. The van der Waals surface area contributed by atoms with Crippen molar-refractivity contribution in [2.24, 2.45) is 0 Å². The third-order valence-electron chi connectivity index (χ3n) is 4.41. The first-order valence-electron chi connectivity index (χ1n) is 7.37. The van der Waals surface area contributed by atoms with Gasteiger partial charge in [0.2, 0.25) is 0 Å². The summed E-state index contributed by atoms with van der Waals surface area (Å²) in [5.74, 6) is 0. The third-order valence-corrected chi connectivity index (χ3v) is 4.65. The number of benzene rings is 3. The average Bonchev–Trinajstić information content (AvgIpc) is 2.93. The molecule has 0 bridgehead atoms. The van der Waals surface area contributed by atoms with Crippen LogP contribution in [-0.4, -0.2) is 9.97 Å². The van der Waals surface area contributed by atoms with Crippen LogP contribution in [0, 0.1) is 0 Å². The Morgan fingerprint density at radius 2 is 1.39 bits per heavy atom. The highest BCUT2D eigenvalue weighted by Crippen LogP contribution is 2.31. The van der Waals surface area contributed by atoms with E-state index in [9.17, 15) is 4.79 Å². The van der Waals surface area contributed by atoms with Crippen molar-refractivity contribution >= 4 is 55.2 Å². The lowest BCUT2D eigenvalue weighted by molar-refractivity contribution is 1.47. The second-order valence-electron chi connectivity index (χ2n) is 5.73. The number of para-hydroxylation sites is 1. The van der Waals surface area contributed by atoms with Gasteiger partial charge < -0.3 is 9.97 Å². The number of hydrogen-bond acceptors (Lipinski definition) is 1. The van der Waals surface area contributed by atoms with Gasteiger partial charge in [-0.05, 0) is 36.4 Å². The number of halogens is 1. The van der Waals surface area contributed by atoms with E-state index in [0.29, 0.717) is 15.8 Å². The number of rotatable bonds is 0. The zero-order valence-electron chi connectivity index (χ0n) is 12.0. The minimum Gasteiger partial charge on any atom is -0.353 e. The Morgan fingerprint density at radius 1 is 0.696 bits per heavy atom. The zero-order valence-corrected chi connectivity index (χ0v) is 12.7. The second kappa shape index (κ2) is 4.37. The lowest BCUT2D eigenvalue weighted by Gasteiger charge is -2.03.